The molecule has 1 atom stereocenters. The number of thioether (sulfide) groups is 1. The van der Waals surface area contributed by atoms with Crippen LogP contribution in [-0.2, 0) is 17.6 Å². The van der Waals surface area contributed by atoms with Gasteiger partial charge in [-0.2, -0.15) is 0 Å². The molecule has 0 saturated heterocycles. The maximum Gasteiger partial charge on any atom is 0.573 e. The number of ether oxygens (including phenoxy) is 1. The fraction of sp³-hybridized carbons (Fsp3) is 0.435. The van der Waals surface area contributed by atoms with Crippen molar-refractivity contribution in [2.24, 2.45) is 0 Å². The molecule has 180 valence electrons. The summed E-state index contributed by atoms with van der Waals surface area (Å²) in [6.07, 6.45) is -2.43. The summed E-state index contributed by atoms with van der Waals surface area (Å²) >= 11 is 1.32. The second kappa shape index (κ2) is 10.2. The molecular weight excluding hydrogens is 457 g/mol. The van der Waals surface area contributed by atoms with E-state index in [1.165, 1.54) is 41.6 Å². The first-order chi connectivity index (χ1) is 15.5. The molecule has 33 heavy (non-hydrogen) atoms. The summed E-state index contributed by atoms with van der Waals surface area (Å²) in [7, 11) is 0. The number of aryl methyl sites for hydroxylation is 1. The van der Waals surface area contributed by atoms with Gasteiger partial charge in [-0.15, -0.1) is 24.9 Å². The minimum Gasteiger partial charge on any atom is -0.480 e. The van der Waals surface area contributed by atoms with Gasteiger partial charge in [0.05, 0.1) is 6.04 Å². The molecule has 2 aromatic rings. The van der Waals surface area contributed by atoms with Crippen molar-refractivity contribution in [2.45, 2.75) is 62.1 Å². The first-order valence-electron chi connectivity index (χ1n) is 10.6. The highest BCUT2D eigenvalue weighted by atomic mass is 32.2. The number of alkyl halides is 3. The SMILES string of the molecule is CCNN(Oc1ccc(OC(F)(F)F)cc1)C1CCc2cc(SC(C)(C)C(=O)O)ccc2C1. The molecule has 0 bridgehead atoms. The molecule has 10 heteroatoms. The van der Waals surface area contributed by atoms with E-state index in [-0.39, 0.29) is 11.8 Å². The quantitative estimate of drug-likeness (QED) is 0.374. The van der Waals surface area contributed by atoms with Crippen molar-refractivity contribution in [2.75, 3.05) is 6.54 Å². The lowest BCUT2D eigenvalue weighted by molar-refractivity contribution is -0.274. The van der Waals surface area contributed by atoms with Crippen LogP contribution in [0, 0.1) is 0 Å². The van der Waals surface area contributed by atoms with Crippen LogP contribution >= 0.6 is 11.8 Å². The van der Waals surface area contributed by atoms with Gasteiger partial charge in [0.15, 0.2) is 0 Å². The van der Waals surface area contributed by atoms with E-state index in [9.17, 15) is 23.1 Å². The summed E-state index contributed by atoms with van der Waals surface area (Å²) in [6.45, 7) is 5.91. The van der Waals surface area contributed by atoms with Crippen LogP contribution in [0.4, 0.5) is 13.2 Å². The number of benzene rings is 2. The van der Waals surface area contributed by atoms with Crippen molar-refractivity contribution < 1.29 is 32.6 Å². The summed E-state index contributed by atoms with van der Waals surface area (Å²) in [6, 6.07) is 11.3. The van der Waals surface area contributed by atoms with Crippen molar-refractivity contribution in [3.8, 4) is 11.5 Å². The summed E-state index contributed by atoms with van der Waals surface area (Å²) in [5, 5.41) is 11.0. The average Bonchev–Trinajstić information content (AvgIpc) is 2.73. The second-order valence-corrected chi connectivity index (χ2v) is 9.89. The van der Waals surface area contributed by atoms with Gasteiger partial charge in [-0.05, 0) is 80.6 Å². The van der Waals surface area contributed by atoms with Crippen LogP contribution in [-0.4, -0.2) is 39.9 Å². The molecule has 6 nitrogen and oxygen atoms in total. The van der Waals surface area contributed by atoms with E-state index in [1.807, 2.05) is 19.1 Å². The van der Waals surface area contributed by atoms with Crippen molar-refractivity contribution in [3.05, 3.63) is 53.6 Å². The number of halogens is 3. The number of aliphatic carboxylic acids is 1. The molecule has 0 fully saturated rings. The van der Waals surface area contributed by atoms with Gasteiger partial charge in [0, 0.05) is 11.4 Å². The molecule has 0 heterocycles. The van der Waals surface area contributed by atoms with Crippen LogP contribution in [0.1, 0.15) is 38.3 Å². The largest absolute Gasteiger partial charge is 0.573 e. The number of hydrazine groups is 1. The third kappa shape index (κ3) is 7.02. The fourth-order valence-corrected chi connectivity index (χ4v) is 4.54. The predicted octanol–water partition coefficient (Wildman–Crippen LogP) is 5.22. The highest BCUT2D eigenvalue weighted by Crippen LogP contribution is 2.35. The molecule has 0 radical (unpaired) electrons. The maximum atomic E-state index is 12.4. The Kier molecular flexibility index (Phi) is 7.81. The fourth-order valence-electron chi connectivity index (χ4n) is 3.52. The molecule has 0 aromatic heterocycles. The molecule has 1 aliphatic carbocycles. The average molecular weight is 485 g/mol. The van der Waals surface area contributed by atoms with Crippen molar-refractivity contribution in [1.29, 1.82) is 0 Å². The van der Waals surface area contributed by atoms with E-state index >= 15 is 0 Å². The van der Waals surface area contributed by atoms with E-state index in [0.29, 0.717) is 18.7 Å². The van der Waals surface area contributed by atoms with Gasteiger partial charge in [0.25, 0.3) is 0 Å². The molecule has 2 aromatic carbocycles. The number of hydroxylamine groups is 1. The van der Waals surface area contributed by atoms with Gasteiger partial charge in [0.2, 0.25) is 0 Å². The number of fused-ring (bicyclic) bond motifs is 1. The Bertz CT molecular complexity index is 967. The third-order valence-corrected chi connectivity index (χ3v) is 6.35. The minimum absolute atomic E-state index is 0.0116. The molecule has 1 aliphatic rings. The van der Waals surface area contributed by atoms with Crippen LogP contribution < -0.4 is 15.0 Å². The van der Waals surface area contributed by atoms with Crippen molar-refractivity contribution >= 4 is 17.7 Å². The molecule has 2 N–H and O–H groups in total. The number of hydrogen-bond donors (Lipinski definition) is 2. The van der Waals surface area contributed by atoms with E-state index in [2.05, 4.69) is 16.2 Å². The second-order valence-electron chi connectivity index (χ2n) is 8.19. The van der Waals surface area contributed by atoms with Crippen molar-refractivity contribution in [3.63, 3.8) is 0 Å². The van der Waals surface area contributed by atoms with E-state index in [4.69, 9.17) is 4.84 Å². The Hall–Kier alpha value is -2.43. The molecule has 0 spiro atoms. The van der Waals surface area contributed by atoms with Crippen LogP contribution in [0.15, 0.2) is 47.4 Å². The molecular formula is C23H27F3N2O4S. The van der Waals surface area contributed by atoms with Gasteiger partial charge in [-0.25, -0.2) is 5.43 Å². The van der Waals surface area contributed by atoms with Gasteiger partial charge >= 0.3 is 12.3 Å². The monoisotopic (exact) mass is 484 g/mol. The van der Waals surface area contributed by atoms with Crippen LogP contribution in [0.3, 0.4) is 0 Å². The Balaban J connectivity index is 1.68. The van der Waals surface area contributed by atoms with Crippen molar-refractivity contribution in [1.82, 2.24) is 10.6 Å². The third-order valence-electron chi connectivity index (χ3n) is 5.17. The molecule has 1 unspecified atom stereocenters. The molecule has 0 aliphatic heterocycles. The van der Waals surface area contributed by atoms with E-state index in [0.717, 1.165) is 23.3 Å². The first-order valence-corrected chi connectivity index (χ1v) is 11.4. The summed E-state index contributed by atoms with van der Waals surface area (Å²) < 4.78 is 40.1. The number of hydrogen-bond acceptors (Lipinski definition) is 6. The number of carboxylic acid groups (broad SMARTS) is 1. The van der Waals surface area contributed by atoms with Gasteiger partial charge in [0.1, 0.15) is 16.2 Å². The lowest BCUT2D eigenvalue weighted by atomic mass is 9.88. The lowest BCUT2D eigenvalue weighted by Crippen LogP contribution is -2.50. The number of carbonyl (C=O) groups is 1. The summed E-state index contributed by atoms with van der Waals surface area (Å²) in [5.74, 6) is -0.781. The maximum absolute atomic E-state index is 12.4. The Morgan fingerprint density at radius 2 is 1.82 bits per heavy atom. The zero-order valence-corrected chi connectivity index (χ0v) is 19.4. The topological polar surface area (TPSA) is 71.0 Å². The Morgan fingerprint density at radius 1 is 1.15 bits per heavy atom. The normalized spacial score (nSPS) is 16.4. The predicted molar refractivity (Wildman–Crippen MR) is 119 cm³/mol. The first kappa shape index (κ1) is 25.2. The van der Waals surface area contributed by atoms with Crippen LogP contribution in [0.2, 0.25) is 0 Å². The van der Waals surface area contributed by atoms with Crippen LogP contribution in [0.5, 0.6) is 11.5 Å². The lowest BCUT2D eigenvalue weighted by Gasteiger charge is -2.34. The van der Waals surface area contributed by atoms with Gasteiger partial charge in [-0.3, -0.25) is 4.79 Å². The van der Waals surface area contributed by atoms with Gasteiger partial charge < -0.3 is 14.7 Å². The highest BCUT2D eigenvalue weighted by molar-refractivity contribution is 8.01. The van der Waals surface area contributed by atoms with Gasteiger partial charge in [-0.1, -0.05) is 18.2 Å². The standard InChI is InChI=1S/C23H27F3N2O4S/c1-4-27-28(32-19-10-8-18(9-11-19)31-23(24,25)26)17-7-5-16-14-20(12-6-15(16)13-17)33-22(2,3)21(29)30/h6,8-12,14,17,27H,4-5,7,13H2,1-3H3,(H,29,30). The Labute approximate surface area is 195 Å². The number of rotatable bonds is 9. The number of carboxylic acids is 1. The Morgan fingerprint density at radius 3 is 2.42 bits per heavy atom. The zero-order valence-electron chi connectivity index (χ0n) is 18.6. The molecule has 0 saturated carbocycles. The van der Waals surface area contributed by atoms with Crippen LogP contribution in [0.25, 0.3) is 0 Å². The summed E-state index contributed by atoms with van der Waals surface area (Å²) in [4.78, 5) is 18.3. The number of nitrogens with one attached hydrogen (secondary N) is 1. The van der Waals surface area contributed by atoms with E-state index in [1.54, 1.807) is 19.0 Å². The highest BCUT2D eigenvalue weighted by Gasteiger charge is 2.32. The smallest absolute Gasteiger partial charge is 0.480 e. The minimum atomic E-state index is -4.74. The molecule has 0 amide bonds. The number of nitrogens with zero attached hydrogens (tertiary/aromatic N) is 1. The van der Waals surface area contributed by atoms with E-state index < -0.39 is 17.1 Å². The molecule has 3 rings (SSSR count). The zero-order chi connectivity index (χ0) is 24.2. The summed E-state index contributed by atoms with van der Waals surface area (Å²) in [5.41, 5.74) is 5.51.